The van der Waals surface area contributed by atoms with E-state index in [1.54, 1.807) is 18.2 Å². The van der Waals surface area contributed by atoms with Gasteiger partial charge < -0.3 is 34.3 Å². The van der Waals surface area contributed by atoms with Gasteiger partial charge in [0.15, 0.2) is 16.9 Å². The van der Waals surface area contributed by atoms with Gasteiger partial charge in [-0.25, -0.2) is 0 Å². The van der Waals surface area contributed by atoms with Crippen LogP contribution in [0.2, 0.25) is 0 Å². The summed E-state index contributed by atoms with van der Waals surface area (Å²) in [4.78, 5) is 12.7. The van der Waals surface area contributed by atoms with Crippen molar-refractivity contribution in [3.63, 3.8) is 0 Å². The molecule has 0 fully saturated rings. The first kappa shape index (κ1) is 21.2. The molecule has 0 saturated carbocycles. The fourth-order valence-corrected chi connectivity index (χ4v) is 3.07. The molecule has 2 aromatic carbocycles. The van der Waals surface area contributed by atoms with E-state index >= 15 is 0 Å². The van der Waals surface area contributed by atoms with Gasteiger partial charge in [-0.05, 0) is 18.6 Å². The van der Waals surface area contributed by atoms with Gasteiger partial charge in [-0.3, -0.25) is 4.79 Å². The average Bonchev–Trinajstić information content (AvgIpc) is 2.72. The summed E-state index contributed by atoms with van der Waals surface area (Å²) in [5.74, 6) is 0.168. The Kier molecular flexibility index (Phi) is 6.29. The molecule has 0 unspecified atom stereocenters. The van der Waals surface area contributed by atoms with E-state index in [0.29, 0.717) is 17.5 Å². The summed E-state index contributed by atoms with van der Waals surface area (Å²) in [5.41, 5.74) is 0.514. The van der Waals surface area contributed by atoms with E-state index in [4.69, 9.17) is 19.0 Å². The molecule has 3 aromatic rings. The van der Waals surface area contributed by atoms with Crippen molar-refractivity contribution in [2.75, 3.05) is 20.3 Å². The lowest BCUT2D eigenvalue weighted by molar-refractivity contribution is 0.0535. The minimum Gasteiger partial charge on any atom is -0.507 e. The lowest BCUT2D eigenvalue weighted by atomic mass is 9.99. The molecule has 4 N–H and O–H groups in total. The molecular formula is C22H22O8. The van der Waals surface area contributed by atoms with Crippen LogP contribution in [0.4, 0.5) is 0 Å². The number of ether oxygens (including phenoxy) is 2. The van der Waals surface area contributed by atoms with Crippen molar-refractivity contribution in [2.24, 2.45) is 0 Å². The molecule has 158 valence electrons. The van der Waals surface area contributed by atoms with Crippen molar-refractivity contribution in [2.45, 2.75) is 12.5 Å². The number of hydrogen-bond donors (Lipinski definition) is 4. The maximum Gasteiger partial charge on any atom is 0.197 e. The molecule has 0 bridgehead atoms. The number of aliphatic hydroxyl groups excluding tert-OH is 2. The number of hydrogen-bond acceptors (Lipinski definition) is 8. The van der Waals surface area contributed by atoms with Crippen molar-refractivity contribution in [3.05, 3.63) is 58.8 Å². The van der Waals surface area contributed by atoms with Gasteiger partial charge >= 0.3 is 0 Å². The molecule has 0 aliphatic rings. The van der Waals surface area contributed by atoms with Gasteiger partial charge in [-0.2, -0.15) is 0 Å². The maximum absolute atomic E-state index is 12.7. The van der Waals surface area contributed by atoms with Crippen LogP contribution in [0, 0.1) is 0 Å². The third kappa shape index (κ3) is 4.10. The van der Waals surface area contributed by atoms with E-state index < -0.39 is 18.1 Å². The van der Waals surface area contributed by atoms with Crippen LogP contribution < -0.4 is 14.9 Å². The fourth-order valence-electron chi connectivity index (χ4n) is 3.07. The van der Waals surface area contributed by atoms with Crippen molar-refractivity contribution in [1.29, 1.82) is 0 Å². The summed E-state index contributed by atoms with van der Waals surface area (Å²) in [5, 5.41) is 39.0. The van der Waals surface area contributed by atoms with Crippen LogP contribution >= 0.6 is 0 Å². The van der Waals surface area contributed by atoms with E-state index in [0.717, 1.165) is 0 Å². The Hall–Kier alpha value is -3.49. The van der Waals surface area contributed by atoms with Gasteiger partial charge in [-0.1, -0.05) is 6.08 Å². The van der Waals surface area contributed by atoms with E-state index in [-0.39, 0.29) is 46.3 Å². The van der Waals surface area contributed by atoms with Crippen LogP contribution in [0.5, 0.6) is 23.0 Å². The van der Waals surface area contributed by atoms with E-state index in [2.05, 4.69) is 6.58 Å². The van der Waals surface area contributed by atoms with E-state index in [1.165, 1.54) is 25.3 Å². The Morgan fingerprint density at radius 2 is 2.00 bits per heavy atom. The summed E-state index contributed by atoms with van der Waals surface area (Å²) in [6.45, 7) is 3.00. The zero-order chi connectivity index (χ0) is 21.8. The Morgan fingerprint density at radius 1 is 1.23 bits per heavy atom. The molecule has 3 rings (SSSR count). The van der Waals surface area contributed by atoms with Crippen molar-refractivity contribution >= 4 is 11.0 Å². The van der Waals surface area contributed by atoms with Gasteiger partial charge in [0.2, 0.25) is 0 Å². The molecule has 30 heavy (non-hydrogen) atoms. The normalized spacial score (nSPS) is 12.0. The smallest absolute Gasteiger partial charge is 0.197 e. The first-order valence-electron chi connectivity index (χ1n) is 9.12. The van der Waals surface area contributed by atoms with Gasteiger partial charge in [0.25, 0.3) is 0 Å². The van der Waals surface area contributed by atoms with Gasteiger partial charge in [0.1, 0.15) is 40.9 Å². The van der Waals surface area contributed by atoms with E-state index in [1.807, 2.05) is 0 Å². The second-order valence-corrected chi connectivity index (χ2v) is 6.57. The number of fused-ring (bicyclic) bond motifs is 1. The van der Waals surface area contributed by atoms with Crippen molar-refractivity contribution < 1.29 is 34.3 Å². The highest BCUT2D eigenvalue weighted by Crippen LogP contribution is 2.39. The van der Waals surface area contributed by atoms with Crippen molar-refractivity contribution in [3.8, 4) is 34.3 Å². The molecule has 8 heteroatoms. The molecule has 0 radical (unpaired) electrons. The number of phenols is 2. The second-order valence-electron chi connectivity index (χ2n) is 6.57. The Bertz CT molecular complexity index is 1130. The van der Waals surface area contributed by atoms with Crippen LogP contribution in [0.1, 0.15) is 5.56 Å². The first-order valence-corrected chi connectivity index (χ1v) is 9.12. The highest BCUT2D eigenvalue weighted by molar-refractivity contribution is 5.86. The average molecular weight is 414 g/mol. The molecule has 0 spiro atoms. The standard InChI is InChI=1S/C22H22O8/c1-3-4-15-14(5-6-18(28-2)22(15)27)19-9-17(26)21-16(25)7-13(8-20(21)30-19)29-11-12(24)10-23/h3,5-9,12,23-25,27H,1,4,10-11H2,2H3/t12-/m0/s1. The lowest BCUT2D eigenvalue weighted by Gasteiger charge is -2.14. The number of aliphatic hydroxyl groups is 2. The lowest BCUT2D eigenvalue weighted by Crippen LogP contribution is -2.21. The first-order chi connectivity index (χ1) is 14.4. The molecular weight excluding hydrogens is 392 g/mol. The molecule has 0 saturated heterocycles. The van der Waals surface area contributed by atoms with Crippen LogP contribution in [0.25, 0.3) is 22.3 Å². The Morgan fingerprint density at radius 3 is 2.67 bits per heavy atom. The van der Waals surface area contributed by atoms with Gasteiger partial charge in [0.05, 0.1) is 13.7 Å². The molecule has 1 heterocycles. The molecule has 0 aliphatic carbocycles. The minimum absolute atomic E-state index is 0.0307. The number of methoxy groups -OCH3 is 1. The fraction of sp³-hybridized carbons (Fsp3) is 0.227. The number of phenolic OH excluding ortho intramolecular Hbond substituents is 2. The van der Waals surface area contributed by atoms with Gasteiger partial charge in [-0.15, -0.1) is 6.58 Å². The minimum atomic E-state index is -1.09. The zero-order valence-corrected chi connectivity index (χ0v) is 16.3. The topological polar surface area (TPSA) is 130 Å². The number of allylic oxidation sites excluding steroid dienone is 1. The number of aromatic hydroxyl groups is 2. The third-order valence-corrected chi connectivity index (χ3v) is 4.52. The second kappa shape index (κ2) is 8.89. The summed E-state index contributed by atoms with van der Waals surface area (Å²) in [7, 11) is 1.43. The number of benzene rings is 2. The maximum atomic E-state index is 12.7. The van der Waals surface area contributed by atoms with Crippen molar-refractivity contribution in [1.82, 2.24) is 0 Å². The molecule has 1 atom stereocenters. The molecule has 0 aliphatic heterocycles. The third-order valence-electron chi connectivity index (χ3n) is 4.52. The summed E-state index contributed by atoms with van der Waals surface area (Å²) in [6.07, 6.45) is 0.805. The quantitative estimate of drug-likeness (QED) is 0.413. The molecule has 8 nitrogen and oxygen atoms in total. The van der Waals surface area contributed by atoms with E-state index in [9.17, 15) is 20.1 Å². The summed E-state index contributed by atoms with van der Waals surface area (Å²) >= 11 is 0. The highest BCUT2D eigenvalue weighted by Gasteiger charge is 2.18. The Labute approximate surface area is 171 Å². The van der Waals surface area contributed by atoms with Crippen LogP contribution in [0.15, 0.2) is 52.2 Å². The monoisotopic (exact) mass is 414 g/mol. The van der Waals surface area contributed by atoms with Crippen LogP contribution in [-0.2, 0) is 6.42 Å². The largest absolute Gasteiger partial charge is 0.507 e. The summed E-state index contributed by atoms with van der Waals surface area (Å²) in [6, 6.07) is 7.06. The molecule has 1 aromatic heterocycles. The van der Waals surface area contributed by atoms with Crippen LogP contribution in [0.3, 0.4) is 0 Å². The predicted octanol–water partition coefficient (Wildman–Crippen LogP) is 2.34. The predicted molar refractivity (Wildman–Crippen MR) is 110 cm³/mol. The molecule has 0 amide bonds. The zero-order valence-electron chi connectivity index (χ0n) is 16.3. The SMILES string of the molecule is C=CCc1c(-c2cc(=O)c3c(O)cc(OC[C@@H](O)CO)cc3o2)ccc(OC)c1O. The van der Waals surface area contributed by atoms with Crippen LogP contribution in [-0.4, -0.2) is 46.9 Å². The highest BCUT2D eigenvalue weighted by atomic mass is 16.5. The Balaban J connectivity index is 2.15. The van der Waals surface area contributed by atoms with Gasteiger partial charge in [0, 0.05) is 29.3 Å². The number of rotatable bonds is 8. The summed E-state index contributed by atoms with van der Waals surface area (Å²) < 4.78 is 16.3.